The number of hydrogen-bond acceptors (Lipinski definition) is 6. The molecule has 0 spiro atoms. The largest absolute Gasteiger partial charge is 0.253 e. The Kier molecular flexibility index (Phi) is 3.79. The van der Waals surface area contributed by atoms with Gasteiger partial charge in [-0.2, -0.15) is 0 Å². The van der Waals surface area contributed by atoms with E-state index >= 15 is 0 Å². The molecule has 0 aliphatic carbocycles. The Morgan fingerprint density at radius 3 is 2.82 bits per heavy atom. The summed E-state index contributed by atoms with van der Waals surface area (Å²) in [5, 5.41) is 0. The van der Waals surface area contributed by atoms with Gasteiger partial charge in [-0.25, -0.2) is 18.1 Å². The van der Waals surface area contributed by atoms with Crippen LogP contribution in [0.5, 0.6) is 0 Å². The summed E-state index contributed by atoms with van der Waals surface area (Å²) < 4.78 is 26.8. The number of sulfonamides is 1. The Morgan fingerprint density at radius 2 is 2.29 bits per heavy atom. The van der Waals surface area contributed by atoms with Gasteiger partial charge in [0.15, 0.2) is 8.68 Å². The zero-order chi connectivity index (χ0) is 12.5. The summed E-state index contributed by atoms with van der Waals surface area (Å²) in [4.78, 5) is 8.60. The monoisotopic (exact) mass is 309 g/mol. The summed E-state index contributed by atoms with van der Waals surface area (Å²) in [6.07, 6.45) is 1.62. The van der Waals surface area contributed by atoms with Gasteiger partial charge in [-0.05, 0) is 6.92 Å². The first-order chi connectivity index (χ1) is 7.99. The van der Waals surface area contributed by atoms with Crippen molar-refractivity contribution in [3.63, 3.8) is 0 Å². The normalized spacial score (nSPS) is 11.9. The first-order valence-corrected chi connectivity index (χ1v) is 8.05. The third-order valence-corrected chi connectivity index (χ3v) is 5.94. The topological polar surface area (TPSA) is 72.0 Å². The average molecular weight is 310 g/mol. The molecule has 1 N–H and O–H groups in total. The molecule has 2 aromatic heterocycles. The lowest BCUT2D eigenvalue weighted by Crippen LogP contribution is -2.22. The summed E-state index contributed by atoms with van der Waals surface area (Å²) in [6.45, 7) is 1.84. The molecule has 17 heavy (non-hydrogen) atoms. The minimum absolute atomic E-state index is 0.159. The number of hydrogen-bond donors (Lipinski definition) is 1. The predicted molar refractivity (Wildman–Crippen MR) is 68.0 cm³/mol. The van der Waals surface area contributed by atoms with Crippen LogP contribution in [0.25, 0.3) is 0 Å². The van der Waals surface area contributed by atoms with Crippen LogP contribution < -0.4 is 4.72 Å². The second-order valence-corrected chi connectivity index (χ2v) is 7.65. The molecule has 5 nitrogen and oxygen atoms in total. The molecule has 0 radical (unpaired) electrons. The third-order valence-electron chi connectivity index (χ3n) is 1.89. The highest BCUT2D eigenvalue weighted by atomic mass is 35.5. The fraction of sp³-hybridized carbons (Fsp3) is 0.250. The highest BCUT2D eigenvalue weighted by molar-refractivity contribution is 7.91. The van der Waals surface area contributed by atoms with Crippen LogP contribution in [0.2, 0.25) is 4.47 Å². The van der Waals surface area contributed by atoms with E-state index in [1.54, 1.807) is 18.6 Å². The van der Waals surface area contributed by atoms with Gasteiger partial charge in [0, 0.05) is 17.6 Å². The molecule has 2 rings (SSSR count). The Hall–Kier alpha value is -0.540. The Balaban J connectivity index is 2.17. The lowest BCUT2D eigenvalue weighted by atomic mass is 10.6. The molecule has 0 unspecified atom stereocenters. The van der Waals surface area contributed by atoms with Crippen molar-refractivity contribution in [2.45, 2.75) is 17.7 Å². The fourth-order valence-electron chi connectivity index (χ4n) is 1.16. The van der Waals surface area contributed by atoms with E-state index in [9.17, 15) is 8.42 Å². The molecule has 0 amide bonds. The van der Waals surface area contributed by atoms with Gasteiger partial charge in [-0.3, -0.25) is 4.98 Å². The third kappa shape index (κ3) is 3.02. The minimum atomic E-state index is -3.55. The Morgan fingerprint density at radius 1 is 1.53 bits per heavy atom. The first kappa shape index (κ1) is 12.9. The number of aryl methyl sites for hydroxylation is 1. The summed E-state index contributed by atoms with van der Waals surface area (Å²) >= 11 is 8.02. The van der Waals surface area contributed by atoms with Gasteiger partial charge in [0.2, 0.25) is 0 Å². The van der Waals surface area contributed by atoms with E-state index in [0.29, 0.717) is 5.69 Å². The molecular formula is C8H8ClN3O2S3. The van der Waals surface area contributed by atoms with Crippen molar-refractivity contribution in [2.75, 3.05) is 0 Å². The van der Waals surface area contributed by atoms with Crippen molar-refractivity contribution >= 4 is 44.3 Å². The molecule has 2 aromatic rings. The smallest absolute Gasteiger partial charge is 0.252 e. The number of halogens is 1. The summed E-state index contributed by atoms with van der Waals surface area (Å²) in [6, 6.07) is 0. The lowest BCUT2D eigenvalue weighted by molar-refractivity contribution is 0.583. The quantitative estimate of drug-likeness (QED) is 0.938. The van der Waals surface area contributed by atoms with Crippen LogP contribution in [0.15, 0.2) is 15.9 Å². The van der Waals surface area contributed by atoms with Crippen LogP contribution >= 0.6 is 34.3 Å². The van der Waals surface area contributed by atoms with Gasteiger partial charge in [0.25, 0.3) is 10.0 Å². The van der Waals surface area contributed by atoms with Crippen LogP contribution in [-0.2, 0) is 16.6 Å². The van der Waals surface area contributed by atoms with Crippen molar-refractivity contribution in [2.24, 2.45) is 0 Å². The van der Waals surface area contributed by atoms with Crippen LogP contribution in [0.4, 0.5) is 0 Å². The fourth-order valence-corrected chi connectivity index (χ4v) is 4.57. The molecule has 2 heterocycles. The van der Waals surface area contributed by atoms with Crippen molar-refractivity contribution in [3.8, 4) is 0 Å². The van der Waals surface area contributed by atoms with E-state index in [1.807, 2.05) is 0 Å². The number of nitrogens with zero attached hydrogens (tertiary/aromatic N) is 2. The maximum atomic E-state index is 11.9. The summed E-state index contributed by atoms with van der Waals surface area (Å²) in [5.74, 6) is 0. The van der Waals surface area contributed by atoms with E-state index in [0.717, 1.165) is 16.2 Å². The van der Waals surface area contributed by atoms with Crippen LogP contribution in [0.3, 0.4) is 0 Å². The molecule has 0 aliphatic rings. The van der Waals surface area contributed by atoms with Crippen molar-refractivity contribution in [3.05, 3.63) is 26.7 Å². The van der Waals surface area contributed by atoms with Crippen molar-refractivity contribution in [1.82, 2.24) is 14.7 Å². The van der Waals surface area contributed by atoms with E-state index in [1.165, 1.54) is 11.3 Å². The average Bonchev–Trinajstić information content (AvgIpc) is 2.85. The molecule has 0 bridgehead atoms. The van der Waals surface area contributed by atoms with E-state index in [2.05, 4.69) is 14.7 Å². The van der Waals surface area contributed by atoms with Crippen LogP contribution in [0, 0.1) is 6.92 Å². The highest BCUT2D eigenvalue weighted by Crippen LogP contribution is 2.26. The van der Waals surface area contributed by atoms with Gasteiger partial charge in [-0.1, -0.05) is 22.9 Å². The van der Waals surface area contributed by atoms with Crippen molar-refractivity contribution < 1.29 is 8.42 Å². The van der Waals surface area contributed by atoms with Gasteiger partial charge in [0.1, 0.15) is 0 Å². The molecule has 0 aliphatic heterocycles. The van der Waals surface area contributed by atoms with Crippen LogP contribution in [-0.4, -0.2) is 18.4 Å². The second kappa shape index (κ2) is 4.99. The molecular weight excluding hydrogens is 302 g/mol. The summed E-state index contributed by atoms with van der Waals surface area (Å²) in [7, 11) is -3.55. The number of rotatable bonds is 4. The van der Waals surface area contributed by atoms with Crippen LogP contribution in [0.1, 0.15) is 10.6 Å². The molecule has 0 saturated carbocycles. The van der Waals surface area contributed by atoms with E-state index < -0.39 is 10.0 Å². The maximum Gasteiger partial charge on any atom is 0.252 e. The maximum absolute atomic E-state index is 11.9. The predicted octanol–water partition coefficient (Wildman–Crippen LogP) is 2.04. The summed E-state index contributed by atoms with van der Waals surface area (Å²) in [5.41, 5.74) is 2.06. The number of thiazole rings is 2. The minimum Gasteiger partial charge on any atom is -0.253 e. The first-order valence-electron chi connectivity index (χ1n) is 4.49. The van der Waals surface area contributed by atoms with Gasteiger partial charge in [-0.15, -0.1) is 11.3 Å². The SMILES string of the molecule is Cc1nc(Cl)sc1S(=O)(=O)NCc1cncs1. The van der Waals surface area contributed by atoms with Crippen molar-refractivity contribution in [1.29, 1.82) is 0 Å². The lowest BCUT2D eigenvalue weighted by Gasteiger charge is -2.02. The molecule has 0 atom stereocenters. The Bertz CT molecular complexity index is 606. The van der Waals surface area contributed by atoms with Gasteiger partial charge < -0.3 is 0 Å². The Labute approximate surface area is 112 Å². The number of nitrogens with one attached hydrogen (secondary N) is 1. The van der Waals surface area contributed by atoms with Gasteiger partial charge >= 0.3 is 0 Å². The molecule has 0 saturated heterocycles. The molecule has 0 fully saturated rings. The standard InChI is InChI=1S/C8H8ClN3O2S3/c1-5-7(16-8(9)12-5)17(13,14)11-3-6-2-10-4-15-6/h2,4,11H,3H2,1H3. The number of aromatic nitrogens is 2. The molecule has 92 valence electrons. The van der Waals surface area contributed by atoms with E-state index in [-0.39, 0.29) is 15.2 Å². The van der Waals surface area contributed by atoms with E-state index in [4.69, 9.17) is 11.6 Å². The second-order valence-electron chi connectivity index (χ2n) is 3.13. The molecule has 0 aromatic carbocycles. The molecule has 9 heteroatoms. The zero-order valence-electron chi connectivity index (χ0n) is 8.68. The highest BCUT2D eigenvalue weighted by Gasteiger charge is 2.21. The zero-order valence-corrected chi connectivity index (χ0v) is 11.9. The van der Waals surface area contributed by atoms with Gasteiger partial charge in [0.05, 0.1) is 11.2 Å².